The van der Waals surface area contributed by atoms with Crippen LogP contribution in [0.1, 0.15) is 56.2 Å². The topological polar surface area (TPSA) is 45.2 Å². The van der Waals surface area contributed by atoms with Gasteiger partial charge in [0.1, 0.15) is 0 Å². The number of carbonyl (C=O) groups excluding carboxylic acids is 1. The molecule has 0 aromatic carbocycles. The van der Waals surface area contributed by atoms with Gasteiger partial charge in [-0.15, -0.1) is 11.3 Å². The van der Waals surface area contributed by atoms with Crippen LogP contribution in [0.4, 0.5) is 4.79 Å². The van der Waals surface area contributed by atoms with Crippen LogP contribution in [-0.2, 0) is 0 Å². The third-order valence-electron chi connectivity index (χ3n) is 3.52. The molecule has 1 aromatic rings. The number of hydrogen-bond acceptors (Lipinski definition) is 3. The van der Waals surface area contributed by atoms with Crippen molar-refractivity contribution in [3.05, 3.63) is 16.1 Å². The molecule has 2 heterocycles. The van der Waals surface area contributed by atoms with Crippen molar-refractivity contribution in [3.63, 3.8) is 0 Å². The summed E-state index contributed by atoms with van der Waals surface area (Å²) in [5.41, 5.74) is 1.18. The lowest BCUT2D eigenvalue weighted by Crippen LogP contribution is -2.44. The lowest BCUT2D eigenvalue weighted by Gasteiger charge is -2.31. The van der Waals surface area contributed by atoms with Crippen molar-refractivity contribution in [2.24, 2.45) is 0 Å². The Balaban J connectivity index is 2.02. The van der Waals surface area contributed by atoms with Crippen molar-refractivity contribution < 1.29 is 4.79 Å². The van der Waals surface area contributed by atoms with E-state index in [2.05, 4.69) is 24.5 Å². The second-order valence-electron chi connectivity index (χ2n) is 5.39. The SMILES string of the molecule is CCNC(=O)N1CCC[C@H](c2nc(C(C)C)cs2)C1. The number of likely N-dealkylation sites (tertiary alicyclic amines) is 1. The Morgan fingerprint density at radius 2 is 2.42 bits per heavy atom. The Morgan fingerprint density at radius 3 is 3.05 bits per heavy atom. The van der Waals surface area contributed by atoms with E-state index in [-0.39, 0.29) is 6.03 Å². The second kappa shape index (κ2) is 6.37. The number of hydrogen-bond donors (Lipinski definition) is 1. The molecule has 0 saturated carbocycles. The van der Waals surface area contributed by atoms with E-state index < -0.39 is 0 Å². The Morgan fingerprint density at radius 1 is 1.63 bits per heavy atom. The number of rotatable bonds is 3. The van der Waals surface area contributed by atoms with Crippen molar-refractivity contribution >= 4 is 17.4 Å². The Labute approximate surface area is 119 Å². The van der Waals surface area contributed by atoms with Gasteiger partial charge in [-0.05, 0) is 25.7 Å². The van der Waals surface area contributed by atoms with Gasteiger partial charge in [-0.25, -0.2) is 9.78 Å². The van der Waals surface area contributed by atoms with Crippen molar-refractivity contribution in [1.29, 1.82) is 0 Å². The molecule has 1 aliphatic rings. The third kappa shape index (κ3) is 3.47. The summed E-state index contributed by atoms with van der Waals surface area (Å²) in [7, 11) is 0. The minimum atomic E-state index is 0.0628. The molecule has 19 heavy (non-hydrogen) atoms. The number of piperidine rings is 1. The highest BCUT2D eigenvalue weighted by Gasteiger charge is 2.26. The largest absolute Gasteiger partial charge is 0.338 e. The summed E-state index contributed by atoms with van der Waals surface area (Å²) in [6.45, 7) is 8.65. The van der Waals surface area contributed by atoms with E-state index in [0.29, 0.717) is 18.4 Å². The molecule has 0 radical (unpaired) electrons. The second-order valence-corrected chi connectivity index (χ2v) is 6.28. The molecule has 1 aliphatic heterocycles. The molecule has 2 rings (SSSR count). The number of aromatic nitrogens is 1. The van der Waals surface area contributed by atoms with Gasteiger partial charge in [-0.1, -0.05) is 13.8 Å². The fourth-order valence-electron chi connectivity index (χ4n) is 2.38. The van der Waals surface area contributed by atoms with Gasteiger partial charge in [0.2, 0.25) is 0 Å². The van der Waals surface area contributed by atoms with E-state index in [1.165, 1.54) is 10.7 Å². The van der Waals surface area contributed by atoms with Gasteiger partial charge in [-0.3, -0.25) is 0 Å². The van der Waals surface area contributed by atoms with Crippen molar-refractivity contribution in [2.45, 2.75) is 45.4 Å². The average molecular weight is 281 g/mol. The molecule has 1 fully saturated rings. The summed E-state index contributed by atoms with van der Waals surface area (Å²) in [6.07, 6.45) is 2.21. The summed E-state index contributed by atoms with van der Waals surface area (Å²) in [5.74, 6) is 0.891. The molecule has 5 heteroatoms. The van der Waals surface area contributed by atoms with Crippen molar-refractivity contribution in [1.82, 2.24) is 15.2 Å². The number of nitrogens with zero attached hydrogens (tertiary/aromatic N) is 2. The Bertz CT molecular complexity index is 430. The smallest absolute Gasteiger partial charge is 0.317 e. The number of thiazole rings is 1. The summed E-state index contributed by atoms with van der Waals surface area (Å²) in [6, 6.07) is 0.0628. The molecule has 0 aliphatic carbocycles. The lowest BCUT2D eigenvalue weighted by molar-refractivity contribution is 0.180. The van der Waals surface area contributed by atoms with Crippen LogP contribution in [0.15, 0.2) is 5.38 Å². The van der Waals surface area contributed by atoms with E-state index in [1.54, 1.807) is 11.3 Å². The summed E-state index contributed by atoms with van der Waals surface area (Å²) in [4.78, 5) is 18.5. The lowest BCUT2D eigenvalue weighted by atomic mass is 9.99. The van der Waals surface area contributed by atoms with Gasteiger partial charge >= 0.3 is 6.03 Å². The average Bonchev–Trinajstić information content (AvgIpc) is 2.89. The van der Waals surface area contributed by atoms with Crippen LogP contribution in [0.3, 0.4) is 0 Å². The zero-order valence-corrected chi connectivity index (χ0v) is 12.8. The summed E-state index contributed by atoms with van der Waals surface area (Å²) >= 11 is 1.74. The van der Waals surface area contributed by atoms with Crippen LogP contribution in [0.5, 0.6) is 0 Å². The van der Waals surface area contributed by atoms with E-state index in [4.69, 9.17) is 4.98 Å². The predicted molar refractivity (Wildman–Crippen MR) is 78.8 cm³/mol. The van der Waals surface area contributed by atoms with Crippen LogP contribution >= 0.6 is 11.3 Å². The highest BCUT2D eigenvalue weighted by molar-refractivity contribution is 7.09. The highest BCUT2D eigenvalue weighted by Crippen LogP contribution is 2.30. The van der Waals surface area contributed by atoms with Crippen molar-refractivity contribution in [2.75, 3.05) is 19.6 Å². The maximum Gasteiger partial charge on any atom is 0.317 e. The molecule has 1 atom stereocenters. The molecule has 0 spiro atoms. The highest BCUT2D eigenvalue weighted by atomic mass is 32.1. The standard InChI is InChI=1S/C14H23N3OS/c1-4-15-14(18)17-7-5-6-11(8-17)13-16-12(9-19-13)10(2)3/h9-11H,4-8H2,1-3H3,(H,15,18)/t11-/m0/s1. The fourth-order valence-corrected chi connectivity index (χ4v) is 3.49. The van der Waals surface area contributed by atoms with Gasteiger partial charge in [0, 0.05) is 30.9 Å². The molecular weight excluding hydrogens is 258 g/mol. The van der Waals surface area contributed by atoms with Crippen LogP contribution in [-0.4, -0.2) is 35.5 Å². The van der Waals surface area contributed by atoms with Gasteiger partial charge in [0.05, 0.1) is 10.7 Å². The van der Waals surface area contributed by atoms with Crippen LogP contribution < -0.4 is 5.32 Å². The summed E-state index contributed by atoms with van der Waals surface area (Å²) < 4.78 is 0. The van der Waals surface area contributed by atoms with Gasteiger partial charge in [-0.2, -0.15) is 0 Å². The molecule has 0 unspecified atom stereocenters. The number of amides is 2. The maximum atomic E-state index is 11.9. The summed E-state index contributed by atoms with van der Waals surface area (Å²) in [5, 5.41) is 6.23. The van der Waals surface area contributed by atoms with E-state index in [1.807, 2.05) is 11.8 Å². The molecule has 2 amide bonds. The zero-order valence-electron chi connectivity index (χ0n) is 12.0. The first-order chi connectivity index (χ1) is 9.11. The molecule has 1 N–H and O–H groups in total. The third-order valence-corrected chi connectivity index (χ3v) is 4.54. The quantitative estimate of drug-likeness (QED) is 0.925. The van der Waals surface area contributed by atoms with Gasteiger partial charge in [0.25, 0.3) is 0 Å². The van der Waals surface area contributed by atoms with Crippen molar-refractivity contribution in [3.8, 4) is 0 Å². The minimum absolute atomic E-state index is 0.0628. The zero-order chi connectivity index (χ0) is 13.8. The van der Waals surface area contributed by atoms with Crippen LogP contribution in [0.25, 0.3) is 0 Å². The van der Waals surface area contributed by atoms with Crippen LogP contribution in [0.2, 0.25) is 0 Å². The van der Waals surface area contributed by atoms with E-state index in [9.17, 15) is 4.79 Å². The normalized spacial score (nSPS) is 19.8. The first kappa shape index (κ1) is 14.3. The minimum Gasteiger partial charge on any atom is -0.338 e. The maximum absolute atomic E-state index is 11.9. The molecular formula is C14H23N3OS. The Hall–Kier alpha value is -1.10. The van der Waals surface area contributed by atoms with E-state index >= 15 is 0 Å². The van der Waals surface area contributed by atoms with Crippen LogP contribution in [0, 0.1) is 0 Å². The predicted octanol–water partition coefficient (Wildman–Crippen LogP) is 3.18. The van der Waals surface area contributed by atoms with E-state index in [0.717, 1.165) is 25.9 Å². The molecule has 0 bridgehead atoms. The Kier molecular flexibility index (Phi) is 4.80. The van der Waals surface area contributed by atoms with Gasteiger partial charge < -0.3 is 10.2 Å². The first-order valence-electron chi connectivity index (χ1n) is 7.10. The fraction of sp³-hybridized carbons (Fsp3) is 0.714. The van der Waals surface area contributed by atoms with Gasteiger partial charge in [0.15, 0.2) is 0 Å². The molecule has 4 nitrogen and oxygen atoms in total. The number of carbonyl (C=O) groups is 1. The molecule has 106 valence electrons. The molecule has 1 saturated heterocycles. The monoisotopic (exact) mass is 281 g/mol. The molecule has 1 aromatic heterocycles. The number of nitrogens with one attached hydrogen (secondary N) is 1. The first-order valence-corrected chi connectivity index (χ1v) is 7.97. The number of urea groups is 1.